The number of aliphatic hydroxyl groups is 1. The molecule has 10 nitrogen and oxygen atoms in total. The number of alkyl halides is 3. The number of carbonyl (C=O) groups is 1. The van der Waals surface area contributed by atoms with Crippen molar-refractivity contribution in [3.05, 3.63) is 40.6 Å². The lowest BCUT2D eigenvalue weighted by atomic mass is 9.86. The second-order valence-corrected chi connectivity index (χ2v) is 14.2. The molecule has 1 atom stereocenters. The predicted molar refractivity (Wildman–Crippen MR) is 158 cm³/mol. The average Bonchev–Trinajstić information content (AvgIpc) is 3.62. The van der Waals surface area contributed by atoms with Gasteiger partial charge < -0.3 is 20.1 Å². The number of benzene rings is 1. The third-order valence-corrected chi connectivity index (χ3v) is 10.4. The van der Waals surface area contributed by atoms with Crippen molar-refractivity contribution in [3.8, 4) is 11.3 Å². The molecule has 44 heavy (non-hydrogen) atoms. The Morgan fingerprint density at radius 1 is 1.14 bits per heavy atom. The van der Waals surface area contributed by atoms with Gasteiger partial charge in [0.1, 0.15) is 0 Å². The number of halogens is 3. The standard InChI is InChI=1S/C30H42F3N5O5S/c1-43-24-8-5-20(6-9-24)29(40)34-16-22-15-21(7-10-26(22)30(31,32)33)28-25-19-37(44(2,41)42)14-11-27(25)38(35-28)18-23(39)17-36-12-3-4-13-36/h7,10,15,20,23-24,39H,3-6,8-9,11-14,16-19H2,1-2H3,(H,34,40). The quantitative estimate of drug-likeness (QED) is 0.410. The van der Waals surface area contributed by atoms with Gasteiger partial charge in [-0.25, -0.2) is 8.42 Å². The molecule has 1 aliphatic carbocycles. The molecule has 0 radical (unpaired) electrons. The molecule has 5 rings (SSSR count). The highest BCUT2D eigenvalue weighted by Gasteiger charge is 2.35. The van der Waals surface area contributed by atoms with Crippen LogP contribution in [-0.4, -0.2) is 90.2 Å². The third-order valence-electron chi connectivity index (χ3n) is 9.13. The second kappa shape index (κ2) is 13.5. The van der Waals surface area contributed by atoms with Crippen LogP contribution in [0, 0.1) is 5.92 Å². The predicted octanol–water partition coefficient (Wildman–Crippen LogP) is 3.16. The van der Waals surface area contributed by atoms with Crippen molar-refractivity contribution in [2.24, 2.45) is 5.92 Å². The van der Waals surface area contributed by atoms with E-state index in [9.17, 15) is 31.5 Å². The first-order chi connectivity index (χ1) is 20.8. The Morgan fingerprint density at radius 3 is 2.48 bits per heavy atom. The summed E-state index contributed by atoms with van der Waals surface area (Å²) in [7, 11) is -1.90. The van der Waals surface area contributed by atoms with Gasteiger partial charge in [-0.05, 0) is 69.3 Å². The Hall–Kier alpha value is -2.52. The molecule has 0 spiro atoms. The summed E-state index contributed by atoms with van der Waals surface area (Å²) in [6.45, 7) is 2.48. The van der Waals surface area contributed by atoms with Crippen LogP contribution in [0.1, 0.15) is 60.9 Å². The summed E-state index contributed by atoms with van der Waals surface area (Å²) in [6, 6.07) is 3.72. The van der Waals surface area contributed by atoms with Crippen LogP contribution in [0.4, 0.5) is 13.2 Å². The smallest absolute Gasteiger partial charge is 0.390 e. The largest absolute Gasteiger partial charge is 0.416 e. The van der Waals surface area contributed by atoms with E-state index in [1.807, 2.05) is 0 Å². The number of sulfonamides is 1. The summed E-state index contributed by atoms with van der Waals surface area (Å²) in [5.41, 5.74) is 1.20. The van der Waals surface area contributed by atoms with Crippen molar-refractivity contribution >= 4 is 15.9 Å². The van der Waals surface area contributed by atoms with Crippen LogP contribution in [0.15, 0.2) is 18.2 Å². The first-order valence-electron chi connectivity index (χ1n) is 15.3. The van der Waals surface area contributed by atoms with E-state index in [1.54, 1.807) is 11.8 Å². The molecular formula is C30H42F3N5O5S. The molecule has 1 unspecified atom stereocenters. The summed E-state index contributed by atoms with van der Waals surface area (Å²) in [5, 5.41) is 18.3. The fourth-order valence-corrected chi connectivity index (χ4v) is 7.49. The van der Waals surface area contributed by atoms with Gasteiger partial charge in [0.2, 0.25) is 15.9 Å². The highest BCUT2D eigenvalue weighted by atomic mass is 32.2. The lowest BCUT2D eigenvalue weighted by Crippen LogP contribution is -2.37. The van der Waals surface area contributed by atoms with Crippen LogP contribution < -0.4 is 5.32 Å². The number of β-amino-alcohol motifs (C(OH)–C–C–N with tert-alkyl or cyclic N) is 1. The maximum absolute atomic E-state index is 14.1. The lowest BCUT2D eigenvalue weighted by Gasteiger charge is -2.27. The number of aliphatic hydroxyl groups excluding tert-OH is 1. The van der Waals surface area contributed by atoms with Crippen LogP contribution in [0.2, 0.25) is 0 Å². The number of ether oxygens (including phenoxy) is 1. The van der Waals surface area contributed by atoms with E-state index in [0.717, 1.165) is 56.8 Å². The molecule has 2 N–H and O–H groups in total. The molecular weight excluding hydrogens is 599 g/mol. The van der Waals surface area contributed by atoms with Gasteiger partial charge in [-0.2, -0.15) is 22.6 Å². The highest BCUT2D eigenvalue weighted by Crippen LogP contribution is 2.37. The maximum Gasteiger partial charge on any atom is 0.416 e. The number of likely N-dealkylation sites (tertiary alicyclic amines) is 1. The van der Waals surface area contributed by atoms with Crippen LogP contribution in [0.25, 0.3) is 11.3 Å². The van der Waals surface area contributed by atoms with E-state index in [0.29, 0.717) is 42.6 Å². The van der Waals surface area contributed by atoms with Gasteiger partial charge in [0.05, 0.1) is 36.3 Å². The third kappa shape index (κ3) is 7.64. The summed E-state index contributed by atoms with van der Waals surface area (Å²) in [5.74, 6) is -0.564. The number of rotatable bonds is 10. The number of nitrogens with one attached hydrogen (secondary N) is 1. The van der Waals surface area contributed by atoms with Crippen molar-refractivity contribution in [3.63, 3.8) is 0 Å². The highest BCUT2D eigenvalue weighted by molar-refractivity contribution is 7.88. The van der Waals surface area contributed by atoms with Crippen molar-refractivity contribution in [1.82, 2.24) is 24.3 Å². The summed E-state index contributed by atoms with van der Waals surface area (Å²) >= 11 is 0. The van der Waals surface area contributed by atoms with Crippen LogP contribution >= 0.6 is 0 Å². The van der Waals surface area contributed by atoms with Gasteiger partial charge in [0, 0.05) is 62.4 Å². The molecule has 14 heteroatoms. The van der Waals surface area contributed by atoms with E-state index in [1.165, 1.54) is 16.4 Å². The first kappa shape index (κ1) is 32.9. The molecule has 1 saturated heterocycles. The topological polar surface area (TPSA) is 117 Å². The van der Waals surface area contributed by atoms with Gasteiger partial charge in [-0.1, -0.05) is 6.07 Å². The normalized spacial score (nSPS) is 22.6. The Kier molecular flexibility index (Phi) is 10.0. The molecule has 244 valence electrons. The van der Waals surface area contributed by atoms with Crippen LogP contribution in [-0.2, 0) is 51.8 Å². The van der Waals surface area contributed by atoms with E-state index in [4.69, 9.17) is 9.84 Å². The van der Waals surface area contributed by atoms with Crippen molar-refractivity contribution in [2.45, 2.75) is 83.0 Å². The number of hydrogen-bond acceptors (Lipinski definition) is 7. The second-order valence-electron chi connectivity index (χ2n) is 12.3. The summed E-state index contributed by atoms with van der Waals surface area (Å²) in [6.07, 6.45) is 1.08. The Bertz CT molecular complexity index is 1430. The van der Waals surface area contributed by atoms with E-state index in [2.05, 4.69) is 10.2 Å². The molecule has 1 saturated carbocycles. The van der Waals surface area contributed by atoms with Gasteiger partial charge >= 0.3 is 6.18 Å². The molecule has 1 aromatic heterocycles. The number of hydrogen-bond donors (Lipinski definition) is 2. The Labute approximate surface area is 256 Å². The monoisotopic (exact) mass is 641 g/mol. The Morgan fingerprint density at radius 2 is 1.84 bits per heavy atom. The summed E-state index contributed by atoms with van der Waals surface area (Å²) < 4.78 is 75.4. The van der Waals surface area contributed by atoms with Crippen molar-refractivity contribution in [1.29, 1.82) is 0 Å². The van der Waals surface area contributed by atoms with Crippen LogP contribution in [0.3, 0.4) is 0 Å². The zero-order valence-corrected chi connectivity index (χ0v) is 26.1. The molecule has 1 amide bonds. The van der Waals surface area contributed by atoms with E-state index in [-0.39, 0.29) is 49.7 Å². The van der Waals surface area contributed by atoms with Gasteiger partial charge in [-0.15, -0.1) is 0 Å². The molecule has 2 aliphatic heterocycles. The number of nitrogens with zero attached hydrogens (tertiary/aromatic N) is 4. The fourth-order valence-electron chi connectivity index (χ4n) is 6.70. The first-order valence-corrected chi connectivity index (χ1v) is 17.1. The lowest BCUT2D eigenvalue weighted by molar-refractivity contribution is -0.138. The zero-order valence-electron chi connectivity index (χ0n) is 25.3. The number of methoxy groups -OCH3 is 1. The number of fused-ring (bicyclic) bond motifs is 1. The van der Waals surface area contributed by atoms with E-state index < -0.39 is 27.9 Å². The molecule has 2 aromatic rings. The minimum absolute atomic E-state index is 0.0307. The average molecular weight is 642 g/mol. The van der Waals surface area contributed by atoms with Crippen molar-refractivity contribution < 1.29 is 36.2 Å². The Balaban J connectivity index is 1.43. The number of aromatic nitrogens is 2. The molecule has 2 fully saturated rings. The fraction of sp³-hybridized carbons (Fsp3) is 0.667. The van der Waals surface area contributed by atoms with E-state index >= 15 is 0 Å². The van der Waals surface area contributed by atoms with Crippen LogP contribution in [0.5, 0.6) is 0 Å². The van der Waals surface area contributed by atoms with Gasteiger partial charge in [0.25, 0.3) is 0 Å². The molecule has 1 aromatic carbocycles. The minimum Gasteiger partial charge on any atom is -0.390 e. The maximum atomic E-state index is 14.1. The molecule has 3 heterocycles. The van der Waals surface area contributed by atoms with Gasteiger partial charge in [0.15, 0.2) is 0 Å². The zero-order chi connectivity index (χ0) is 31.6. The minimum atomic E-state index is -4.64. The number of amides is 1. The van der Waals surface area contributed by atoms with Crippen molar-refractivity contribution in [2.75, 3.05) is 39.5 Å². The van der Waals surface area contributed by atoms with Gasteiger partial charge in [-0.3, -0.25) is 9.48 Å². The number of carbonyl (C=O) groups excluding carboxylic acids is 1. The molecule has 0 bridgehead atoms. The summed E-state index contributed by atoms with van der Waals surface area (Å²) in [4.78, 5) is 15.1. The SMILES string of the molecule is COC1CCC(C(=O)NCc2cc(-c3nn(CC(O)CN4CCCC4)c4c3CN(S(C)(=O)=O)CC4)ccc2C(F)(F)F)CC1. The molecule has 3 aliphatic rings.